The molecule has 3 heterocycles. The Morgan fingerprint density at radius 3 is 2.59 bits per heavy atom. The van der Waals surface area contributed by atoms with E-state index in [2.05, 4.69) is 36.1 Å². The fraction of sp³-hybridized carbons (Fsp3) is 0.696. The van der Waals surface area contributed by atoms with Crippen LogP contribution in [0.3, 0.4) is 0 Å². The number of Topliss-reactive ketones (excluding diaryl/α,β-unsaturated/α-hetero) is 1. The summed E-state index contributed by atoms with van der Waals surface area (Å²) in [5.74, 6) is 2.14. The summed E-state index contributed by atoms with van der Waals surface area (Å²) < 4.78 is 0. The third-order valence-corrected chi connectivity index (χ3v) is 6.19. The van der Waals surface area contributed by atoms with E-state index in [0.29, 0.717) is 36.1 Å². The number of aromatic nitrogens is 1. The predicted octanol–water partition coefficient (Wildman–Crippen LogP) is 3.30. The van der Waals surface area contributed by atoms with Gasteiger partial charge in [-0.2, -0.15) is 0 Å². The second kappa shape index (κ2) is 10.2. The highest BCUT2D eigenvalue weighted by Gasteiger charge is 2.29. The average Bonchev–Trinajstić information content (AvgIpc) is 2.73. The first-order valence-electron chi connectivity index (χ1n) is 11.1. The lowest BCUT2D eigenvalue weighted by Gasteiger charge is -2.32. The van der Waals surface area contributed by atoms with Crippen molar-refractivity contribution >= 4 is 17.5 Å². The molecule has 1 aromatic heterocycles. The fourth-order valence-electron chi connectivity index (χ4n) is 4.32. The van der Waals surface area contributed by atoms with Crippen molar-refractivity contribution in [1.82, 2.24) is 14.8 Å². The minimum atomic E-state index is -0.0152. The third-order valence-electron chi connectivity index (χ3n) is 6.19. The van der Waals surface area contributed by atoms with Gasteiger partial charge >= 0.3 is 0 Å². The van der Waals surface area contributed by atoms with Crippen LogP contribution in [0.5, 0.6) is 0 Å². The number of carbonyl (C=O) groups is 2. The van der Waals surface area contributed by atoms with Crippen LogP contribution in [-0.2, 0) is 4.79 Å². The molecule has 6 heteroatoms. The van der Waals surface area contributed by atoms with Gasteiger partial charge in [0, 0.05) is 38.2 Å². The Morgan fingerprint density at radius 2 is 1.93 bits per heavy atom. The van der Waals surface area contributed by atoms with Gasteiger partial charge in [-0.25, -0.2) is 4.98 Å². The summed E-state index contributed by atoms with van der Waals surface area (Å²) in [4.78, 5) is 34.0. The number of carbonyl (C=O) groups excluding carboxylic acids is 2. The van der Waals surface area contributed by atoms with Crippen molar-refractivity contribution < 1.29 is 9.59 Å². The predicted molar refractivity (Wildman–Crippen MR) is 116 cm³/mol. The number of piperidine rings is 2. The van der Waals surface area contributed by atoms with Gasteiger partial charge in [0.2, 0.25) is 0 Å². The van der Waals surface area contributed by atoms with Gasteiger partial charge in [-0.05, 0) is 69.8 Å². The maximum atomic E-state index is 12.9. The van der Waals surface area contributed by atoms with Crippen molar-refractivity contribution in [2.24, 2.45) is 17.8 Å². The second-order valence-corrected chi connectivity index (χ2v) is 9.21. The van der Waals surface area contributed by atoms with Gasteiger partial charge in [-0.1, -0.05) is 13.8 Å². The molecule has 0 aromatic carbocycles. The first kappa shape index (κ1) is 21.8. The number of hydrogen-bond donors (Lipinski definition) is 1. The molecule has 1 atom stereocenters. The molecule has 2 aliphatic heterocycles. The zero-order valence-electron chi connectivity index (χ0n) is 18.2. The van der Waals surface area contributed by atoms with E-state index in [-0.39, 0.29) is 11.8 Å². The summed E-state index contributed by atoms with van der Waals surface area (Å²) in [6, 6.07) is 3.75. The molecule has 0 radical (unpaired) electrons. The molecule has 0 spiro atoms. The first-order valence-corrected chi connectivity index (χ1v) is 11.1. The van der Waals surface area contributed by atoms with Gasteiger partial charge in [-0.3, -0.25) is 9.59 Å². The molecular weight excluding hydrogens is 364 g/mol. The minimum absolute atomic E-state index is 0.0126. The van der Waals surface area contributed by atoms with Crippen molar-refractivity contribution in [3.05, 3.63) is 23.9 Å². The zero-order valence-corrected chi connectivity index (χ0v) is 18.2. The number of rotatable bonds is 7. The standard InChI is InChI=1S/C23H36N4O2/c1-17(2)13-21(28)20-5-4-10-27(16-20)23(29)19-6-7-22(25-15-19)24-14-18-8-11-26(3)12-9-18/h6-7,15,17-18,20H,4-5,8-14,16H2,1-3H3,(H,24,25). The number of pyridine rings is 1. The molecule has 1 aromatic rings. The van der Waals surface area contributed by atoms with E-state index < -0.39 is 0 Å². The quantitative estimate of drug-likeness (QED) is 0.761. The number of amides is 1. The van der Waals surface area contributed by atoms with E-state index in [4.69, 9.17) is 0 Å². The molecule has 2 fully saturated rings. The lowest BCUT2D eigenvalue weighted by Crippen LogP contribution is -2.42. The van der Waals surface area contributed by atoms with Gasteiger partial charge in [0.25, 0.3) is 5.91 Å². The Hall–Kier alpha value is -1.95. The lowest BCUT2D eigenvalue weighted by atomic mass is 9.89. The summed E-state index contributed by atoms with van der Waals surface area (Å²) in [6.45, 7) is 8.64. The second-order valence-electron chi connectivity index (χ2n) is 9.21. The molecule has 160 valence electrons. The maximum absolute atomic E-state index is 12.9. The van der Waals surface area contributed by atoms with Gasteiger partial charge in [0.1, 0.15) is 11.6 Å². The van der Waals surface area contributed by atoms with Crippen LogP contribution in [0.1, 0.15) is 56.3 Å². The zero-order chi connectivity index (χ0) is 20.8. The smallest absolute Gasteiger partial charge is 0.255 e. The van der Waals surface area contributed by atoms with Crippen LogP contribution in [0.4, 0.5) is 5.82 Å². The van der Waals surface area contributed by atoms with Crippen molar-refractivity contribution in [2.75, 3.05) is 45.1 Å². The SMILES string of the molecule is CC(C)CC(=O)C1CCCN(C(=O)c2ccc(NCC3CCN(C)CC3)nc2)C1. The molecule has 0 aliphatic carbocycles. The van der Waals surface area contributed by atoms with Crippen LogP contribution in [0.25, 0.3) is 0 Å². The number of hydrogen-bond acceptors (Lipinski definition) is 5. The van der Waals surface area contributed by atoms with Crippen molar-refractivity contribution in [3.63, 3.8) is 0 Å². The topological polar surface area (TPSA) is 65.5 Å². The Bertz CT molecular complexity index is 681. The highest BCUT2D eigenvalue weighted by molar-refractivity contribution is 5.94. The van der Waals surface area contributed by atoms with Crippen molar-refractivity contribution in [3.8, 4) is 0 Å². The lowest BCUT2D eigenvalue weighted by molar-refractivity contribution is -0.124. The normalized spacial score (nSPS) is 21.4. The Balaban J connectivity index is 1.51. The van der Waals surface area contributed by atoms with Crippen LogP contribution < -0.4 is 5.32 Å². The molecule has 0 saturated carbocycles. The maximum Gasteiger partial charge on any atom is 0.255 e. The van der Waals surface area contributed by atoms with Gasteiger partial charge < -0.3 is 15.1 Å². The van der Waals surface area contributed by atoms with E-state index in [1.807, 2.05) is 17.0 Å². The summed E-state index contributed by atoms with van der Waals surface area (Å²) in [5.41, 5.74) is 0.604. The van der Waals surface area contributed by atoms with Crippen molar-refractivity contribution in [1.29, 1.82) is 0 Å². The fourth-order valence-corrected chi connectivity index (χ4v) is 4.32. The molecule has 3 rings (SSSR count). The van der Waals surface area contributed by atoms with E-state index in [1.54, 1.807) is 6.20 Å². The van der Waals surface area contributed by atoms with Crippen LogP contribution in [0.15, 0.2) is 18.3 Å². The molecule has 6 nitrogen and oxygen atoms in total. The van der Waals surface area contributed by atoms with Gasteiger partial charge in [0.15, 0.2) is 0 Å². The van der Waals surface area contributed by atoms with Gasteiger partial charge in [-0.15, -0.1) is 0 Å². The summed E-state index contributed by atoms with van der Waals surface area (Å²) >= 11 is 0. The molecule has 1 amide bonds. The van der Waals surface area contributed by atoms with E-state index in [0.717, 1.165) is 44.8 Å². The monoisotopic (exact) mass is 400 g/mol. The van der Waals surface area contributed by atoms with Crippen LogP contribution in [0, 0.1) is 17.8 Å². The van der Waals surface area contributed by atoms with Crippen LogP contribution in [0.2, 0.25) is 0 Å². The number of nitrogens with zero attached hydrogens (tertiary/aromatic N) is 3. The third kappa shape index (κ3) is 6.26. The molecule has 1 unspecified atom stereocenters. The number of ketones is 1. The Labute approximate surface area is 175 Å². The molecule has 0 bridgehead atoms. The molecular formula is C23H36N4O2. The molecule has 2 aliphatic rings. The Morgan fingerprint density at radius 1 is 1.17 bits per heavy atom. The summed E-state index contributed by atoms with van der Waals surface area (Å²) in [7, 11) is 2.17. The van der Waals surface area contributed by atoms with Gasteiger partial charge in [0.05, 0.1) is 5.56 Å². The van der Waals surface area contributed by atoms with E-state index in [9.17, 15) is 9.59 Å². The summed E-state index contributed by atoms with van der Waals surface area (Å²) in [5, 5.41) is 3.42. The van der Waals surface area contributed by atoms with Crippen LogP contribution in [-0.4, -0.2) is 66.2 Å². The van der Waals surface area contributed by atoms with Crippen molar-refractivity contribution in [2.45, 2.75) is 46.0 Å². The van der Waals surface area contributed by atoms with Crippen LogP contribution >= 0.6 is 0 Å². The largest absolute Gasteiger partial charge is 0.370 e. The summed E-state index contributed by atoms with van der Waals surface area (Å²) in [6.07, 6.45) is 6.49. The molecule has 29 heavy (non-hydrogen) atoms. The molecule has 2 saturated heterocycles. The van der Waals surface area contributed by atoms with E-state index in [1.165, 1.54) is 12.8 Å². The number of anilines is 1. The first-order chi connectivity index (χ1) is 13.9. The molecule has 1 N–H and O–H groups in total. The Kier molecular flexibility index (Phi) is 7.64. The number of nitrogens with one attached hydrogen (secondary N) is 1. The number of likely N-dealkylation sites (tertiary alicyclic amines) is 2. The highest BCUT2D eigenvalue weighted by atomic mass is 16.2. The highest BCUT2D eigenvalue weighted by Crippen LogP contribution is 2.22. The average molecular weight is 401 g/mol. The minimum Gasteiger partial charge on any atom is -0.370 e. The van der Waals surface area contributed by atoms with E-state index >= 15 is 0 Å².